The van der Waals surface area contributed by atoms with Crippen molar-refractivity contribution in [2.75, 3.05) is 38.8 Å². The largest absolute Gasteiger partial charge is 0.493 e. The number of fused-ring (bicyclic) bond motifs is 1. The van der Waals surface area contributed by atoms with Crippen LogP contribution >= 0.6 is 0 Å². The normalized spacial score (nSPS) is 14.3. The third kappa shape index (κ3) is 4.65. The summed E-state index contributed by atoms with van der Waals surface area (Å²) in [6.45, 7) is 5.02. The van der Waals surface area contributed by atoms with Gasteiger partial charge in [0.25, 0.3) is 6.01 Å². The highest BCUT2D eigenvalue weighted by atomic mass is 16.5. The Kier molecular flexibility index (Phi) is 6.80. The first-order chi connectivity index (χ1) is 15.6. The molecule has 0 atom stereocenters. The van der Waals surface area contributed by atoms with Crippen molar-refractivity contribution >= 4 is 23.1 Å². The highest BCUT2D eigenvalue weighted by Gasteiger charge is 2.26. The SMILES string of the molecule is CCOc1cc(CN(c2nc3ccc(C(=O)OC)cc3o2)C2CCNCC2)ccc1OC. The lowest BCUT2D eigenvalue weighted by Crippen LogP contribution is -2.43. The third-order valence-electron chi connectivity index (χ3n) is 5.67. The van der Waals surface area contributed by atoms with Gasteiger partial charge in [-0.25, -0.2) is 4.79 Å². The number of piperidine rings is 1. The maximum absolute atomic E-state index is 11.9. The van der Waals surface area contributed by atoms with Crippen molar-refractivity contribution in [3.63, 3.8) is 0 Å². The van der Waals surface area contributed by atoms with Crippen LogP contribution in [0.3, 0.4) is 0 Å². The summed E-state index contributed by atoms with van der Waals surface area (Å²) in [4.78, 5) is 18.8. The first kappa shape index (κ1) is 22.0. The van der Waals surface area contributed by atoms with Gasteiger partial charge in [0, 0.05) is 12.6 Å². The number of ether oxygens (including phenoxy) is 3. The van der Waals surface area contributed by atoms with Crippen LogP contribution in [0.4, 0.5) is 6.01 Å². The van der Waals surface area contributed by atoms with Gasteiger partial charge in [0.15, 0.2) is 17.1 Å². The Balaban J connectivity index is 1.68. The van der Waals surface area contributed by atoms with E-state index < -0.39 is 5.97 Å². The predicted octanol–water partition coefficient (Wildman–Crippen LogP) is 3.78. The molecular formula is C24H29N3O5. The minimum absolute atomic E-state index is 0.280. The Morgan fingerprint density at radius 3 is 2.69 bits per heavy atom. The van der Waals surface area contributed by atoms with Gasteiger partial charge in [0.1, 0.15) is 5.52 Å². The second kappa shape index (κ2) is 9.91. The molecule has 2 heterocycles. The van der Waals surface area contributed by atoms with E-state index in [-0.39, 0.29) is 6.04 Å². The van der Waals surface area contributed by atoms with Crippen LogP contribution in [0.25, 0.3) is 11.1 Å². The summed E-state index contributed by atoms with van der Waals surface area (Å²) >= 11 is 0. The molecule has 2 aromatic carbocycles. The lowest BCUT2D eigenvalue weighted by molar-refractivity contribution is 0.0600. The van der Waals surface area contributed by atoms with Crippen LogP contribution in [0.5, 0.6) is 11.5 Å². The van der Waals surface area contributed by atoms with Crippen molar-refractivity contribution in [3.8, 4) is 11.5 Å². The van der Waals surface area contributed by atoms with E-state index in [1.54, 1.807) is 25.3 Å². The molecule has 8 nitrogen and oxygen atoms in total. The van der Waals surface area contributed by atoms with Crippen LogP contribution in [0.2, 0.25) is 0 Å². The zero-order valence-corrected chi connectivity index (χ0v) is 18.7. The summed E-state index contributed by atoms with van der Waals surface area (Å²) in [5.74, 6) is 1.03. The van der Waals surface area contributed by atoms with Crippen molar-refractivity contribution in [2.24, 2.45) is 0 Å². The van der Waals surface area contributed by atoms with E-state index in [0.29, 0.717) is 41.6 Å². The molecule has 0 spiro atoms. The molecule has 0 radical (unpaired) electrons. The van der Waals surface area contributed by atoms with E-state index in [1.165, 1.54) is 7.11 Å². The fourth-order valence-electron chi connectivity index (χ4n) is 4.04. The number of benzene rings is 2. The number of rotatable bonds is 8. The number of oxazole rings is 1. The molecular weight excluding hydrogens is 410 g/mol. The minimum atomic E-state index is -0.401. The average molecular weight is 440 g/mol. The maximum Gasteiger partial charge on any atom is 0.337 e. The molecule has 0 saturated carbocycles. The molecule has 1 aliphatic rings. The van der Waals surface area contributed by atoms with Crippen LogP contribution in [0, 0.1) is 0 Å². The van der Waals surface area contributed by atoms with Gasteiger partial charge in [-0.1, -0.05) is 6.07 Å². The Hall–Kier alpha value is -3.26. The highest BCUT2D eigenvalue weighted by molar-refractivity contribution is 5.93. The highest BCUT2D eigenvalue weighted by Crippen LogP contribution is 2.32. The van der Waals surface area contributed by atoms with Gasteiger partial charge < -0.3 is 28.8 Å². The Morgan fingerprint density at radius 1 is 1.16 bits per heavy atom. The van der Waals surface area contributed by atoms with E-state index in [2.05, 4.69) is 10.2 Å². The van der Waals surface area contributed by atoms with Crippen LogP contribution in [-0.4, -0.2) is 50.9 Å². The van der Waals surface area contributed by atoms with Gasteiger partial charge in [0.2, 0.25) is 0 Å². The molecule has 170 valence electrons. The molecule has 1 N–H and O–H groups in total. The fourth-order valence-corrected chi connectivity index (χ4v) is 4.04. The number of carbonyl (C=O) groups excluding carboxylic acids is 1. The average Bonchev–Trinajstić information content (AvgIpc) is 3.26. The number of nitrogens with zero attached hydrogens (tertiary/aromatic N) is 2. The van der Waals surface area contributed by atoms with Crippen molar-refractivity contribution < 1.29 is 23.4 Å². The van der Waals surface area contributed by atoms with Gasteiger partial charge in [-0.15, -0.1) is 0 Å². The fraction of sp³-hybridized carbons (Fsp3) is 0.417. The second-order valence-electron chi connectivity index (χ2n) is 7.70. The van der Waals surface area contributed by atoms with Crippen LogP contribution in [0.15, 0.2) is 40.8 Å². The van der Waals surface area contributed by atoms with E-state index in [4.69, 9.17) is 23.6 Å². The first-order valence-electron chi connectivity index (χ1n) is 10.9. The number of carbonyl (C=O) groups is 1. The molecule has 4 rings (SSSR count). The van der Waals surface area contributed by atoms with Crippen molar-refractivity contribution in [1.29, 1.82) is 0 Å². The molecule has 0 aliphatic carbocycles. The third-order valence-corrected chi connectivity index (χ3v) is 5.67. The van der Waals surface area contributed by atoms with E-state index >= 15 is 0 Å². The van der Waals surface area contributed by atoms with Crippen LogP contribution in [0.1, 0.15) is 35.7 Å². The minimum Gasteiger partial charge on any atom is -0.493 e. The maximum atomic E-state index is 11.9. The van der Waals surface area contributed by atoms with E-state index in [9.17, 15) is 4.79 Å². The van der Waals surface area contributed by atoms with Gasteiger partial charge in [-0.3, -0.25) is 0 Å². The van der Waals surface area contributed by atoms with Crippen molar-refractivity contribution in [2.45, 2.75) is 32.4 Å². The summed E-state index contributed by atoms with van der Waals surface area (Å²) in [6, 6.07) is 12.0. The summed E-state index contributed by atoms with van der Waals surface area (Å²) < 4.78 is 22.1. The summed E-state index contributed by atoms with van der Waals surface area (Å²) in [7, 11) is 3.00. The van der Waals surface area contributed by atoms with E-state index in [0.717, 1.165) is 37.2 Å². The van der Waals surface area contributed by atoms with Crippen molar-refractivity contribution in [1.82, 2.24) is 10.3 Å². The lowest BCUT2D eigenvalue weighted by atomic mass is 10.0. The molecule has 0 unspecified atom stereocenters. The molecule has 1 saturated heterocycles. The summed E-state index contributed by atoms with van der Waals surface area (Å²) in [5, 5.41) is 3.41. The molecule has 0 amide bonds. The Labute approximate surface area is 187 Å². The summed E-state index contributed by atoms with van der Waals surface area (Å²) in [5.41, 5.74) is 2.78. The molecule has 1 aromatic heterocycles. The molecule has 0 bridgehead atoms. The summed E-state index contributed by atoms with van der Waals surface area (Å²) in [6.07, 6.45) is 1.97. The topological polar surface area (TPSA) is 86.1 Å². The van der Waals surface area contributed by atoms with E-state index in [1.807, 2.05) is 25.1 Å². The monoisotopic (exact) mass is 439 g/mol. The first-order valence-corrected chi connectivity index (χ1v) is 10.9. The Morgan fingerprint density at radius 2 is 1.97 bits per heavy atom. The number of anilines is 1. The number of hydrogen-bond acceptors (Lipinski definition) is 8. The van der Waals surface area contributed by atoms with Crippen LogP contribution in [-0.2, 0) is 11.3 Å². The zero-order valence-electron chi connectivity index (χ0n) is 18.7. The second-order valence-corrected chi connectivity index (χ2v) is 7.70. The number of hydrogen-bond donors (Lipinski definition) is 1. The number of nitrogens with one attached hydrogen (secondary N) is 1. The quantitative estimate of drug-likeness (QED) is 0.531. The molecule has 8 heteroatoms. The van der Waals surface area contributed by atoms with Crippen molar-refractivity contribution in [3.05, 3.63) is 47.5 Å². The Bertz CT molecular complexity index is 1070. The number of methoxy groups -OCH3 is 2. The molecule has 3 aromatic rings. The van der Waals surface area contributed by atoms with Gasteiger partial charge in [-0.05, 0) is 68.8 Å². The molecule has 1 aliphatic heterocycles. The lowest BCUT2D eigenvalue weighted by Gasteiger charge is -2.33. The predicted molar refractivity (Wildman–Crippen MR) is 122 cm³/mol. The number of aromatic nitrogens is 1. The van der Waals surface area contributed by atoms with Gasteiger partial charge in [-0.2, -0.15) is 4.98 Å². The molecule has 1 fully saturated rings. The van der Waals surface area contributed by atoms with Gasteiger partial charge in [0.05, 0.1) is 26.4 Å². The smallest absolute Gasteiger partial charge is 0.337 e. The molecule has 32 heavy (non-hydrogen) atoms. The standard InChI is InChI=1S/C24H29N3O5/c1-4-31-22-13-16(5-8-20(22)29-2)15-27(18-9-11-25-12-10-18)24-26-19-7-6-17(23(28)30-3)14-21(19)32-24/h5-8,13-14,18,25H,4,9-12,15H2,1-3H3. The van der Waals surface area contributed by atoms with Crippen LogP contribution < -0.4 is 19.7 Å². The van der Waals surface area contributed by atoms with Gasteiger partial charge >= 0.3 is 5.97 Å². The zero-order chi connectivity index (χ0) is 22.5. The number of esters is 1.